The minimum absolute atomic E-state index is 0.152. The predicted molar refractivity (Wildman–Crippen MR) is 86.0 cm³/mol. The molecule has 0 aromatic heterocycles. The highest BCUT2D eigenvalue weighted by atomic mass is 79.9. The van der Waals surface area contributed by atoms with E-state index < -0.39 is 0 Å². The van der Waals surface area contributed by atoms with E-state index in [4.69, 9.17) is 0 Å². The van der Waals surface area contributed by atoms with Crippen LogP contribution in [0.3, 0.4) is 0 Å². The number of carbonyl (C=O) groups is 1. The SMILES string of the molecule is CCCCCN1CCN(C(=O)c2cccc(Br)c2)CC1. The molecule has 0 bridgehead atoms. The maximum absolute atomic E-state index is 12.4. The molecule has 1 aromatic carbocycles. The zero-order valence-electron chi connectivity index (χ0n) is 12.1. The van der Waals surface area contributed by atoms with Crippen LogP contribution in [0.5, 0.6) is 0 Å². The third-order valence-corrected chi connectivity index (χ3v) is 4.30. The van der Waals surface area contributed by atoms with Crippen molar-refractivity contribution in [3.05, 3.63) is 34.3 Å². The molecule has 0 spiro atoms. The van der Waals surface area contributed by atoms with Crippen molar-refractivity contribution in [3.63, 3.8) is 0 Å². The van der Waals surface area contributed by atoms with Gasteiger partial charge in [0, 0.05) is 36.2 Å². The van der Waals surface area contributed by atoms with Gasteiger partial charge in [-0.25, -0.2) is 0 Å². The zero-order chi connectivity index (χ0) is 14.4. The van der Waals surface area contributed by atoms with Gasteiger partial charge in [0.2, 0.25) is 0 Å². The second-order valence-corrected chi connectivity index (χ2v) is 6.27. The maximum atomic E-state index is 12.4. The molecule has 0 N–H and O–H groups in total. The molecule has 0 radical (unpaired) electrons. The number of hydrogen-bond acceptors (Lipinski definition) is 2. The van der Waals surface area contributed by atoms with Gasteiger partial charge in [-0.2, -0.15) is 0 Å². The van der Waals surface area contributed by atoms with E-state index in [-0.39, 0.29) is 5.91 Å². The number of carbonyl (C=O) groups excluding carboxylic acids is 1. The van der Waals surface area contributed by atoms with Gasteiger partial charge in [0.25, 0.3) is 5.91 Å². The van der Waals surface area contributed by atoms with Gasteiger partial charge in [-0.1, -0.05) is 41.8 Å². The van der Waals surface area contributed by atoms with E-state index in [2.05, 4.69) is 27.8 Å². The van der Waals surface area contributed by atoms with Crippen molar-refractivity contribution in [1.29, 1.82) is 0 Å². The van der Waals surface area contributed by atoms with Crippen LogP contribution in [0.15, 0.2) is 28.7 Å². The Balaban J connectivity index is 1.83. The summed E-state index contributed by atoms with van der Waals surface area (Å²) in [5, 5.41) is 0. The fourth-order valence-corrected chi connectivity index (χ4v) is 2.96. The molecule has 2 rings (SSSR count). The van der Waals surface area contributed by atoms with Crippen LogP contribution in [0.2, 0.25) is 0 Å². The number of unbranched alkanes of at least 4 members (excludes halogenated alkanes) is 2. The number of hydrogen-bond donors (Lipinski definition) is 0. The zero-order valence-corrected chi connectivity index (χ0v) is 13.7. The van der Waals surface area contributed by atoms with Crippen LogP contribution < -0.4 is 0 Å². The summed E-state index contributed by atoms with van der Waals surface area (Å²) >= 11 is 3.42. The molecule has 20 heavy (non-hydrogen) atoms. The van der Waals surface area contributed by atoms with Crippen molar-refractivity contribution in [2.75, 3.05) is 32.7 Å². The van der Waals surface area contributed by atoms with Gasteiger partial charge >= 0.3 is 0 Å². The molecular weight excluding hydrogens is 316 g/mol. The lowest BCUT2D eigenvalue weighted by Gasteiger charge is -2.34. The Bertz CT molecular complexity index is 442. The lowest BCUT2D eigenvalue weighted by atomic mass is 10.1. The predicted octanol–water partition coefficient (Wildman–Crippen LogP) is 3.40. The Morgan fingerprint density at radius 3 is 2.60 bits per heavy atom. The van der Waals surface area contributed by atoms with Gasteiger partial charge in [-0.05, 0) is 31.2 Å². The van der Waals surface area contributed by atoms with Gasteiger partial charge in [0.05, 0.1) is 0 Å². The van der Waals surface area contributed by atoms with E-state index in [1.165, 1.54) is 25.8 Å². The topological polar surface area (TPSA) is 23.6 Å². The molecule has 110 valence electrons. The monoisotopic (exact) mass is 338 g/mol. The molecule has 1 aromatic rings. The van der Waals surface area contributed by atoms with Gasteiger partial charge in [-0.3, -0.25) is 9.69 Å². The molecule has 1 aliphatic rings. The van der Waals surface area contributed by atoms with E-state index in [1.807, 2.05) is 29.2 Å². The number of nitrogens with zero attached hydrogens (tertiary/aromatic N) is 2. The van der Waals surface area contributed by atoms with Crippen molar-refractivity contribution in [2.24, 2.45) is 0 Å². The summed E-state index contributed by atoms with van der Waals surface area (Å²) in [5.41, 5.74) is 0.777. The van der Waals surface area contributed by atoms with Crippen molar-refractivity contribution >= 4 is 21.8 Å². The molecule has 0 unspecified atom stereocenters. The smallest absolute Gasteiger partial charge is 0.253 e. The van der Waals surface area contributed by atoms with Crippen LogP contribution in [-0.2, 0) is 0 Å². The Labute approximate surface area is 130 Å². The van der Waals surface area contributed by atoms with Gasteiger partial charge in [-0.15, -0.1) is 0 Å². The number of halogens is 1. The lowest BCUT2D eigenvalue weighted by molar-refractivity contribution is 0.0635. The summed E-state index contributed by atoms with van der Waals surface area (Å²) in [6.45, 7) is 7.10. The van der Waals surface area contributed by atoms with Crippen molar-refractivity contribution < 1.29 is 4.79 Å². The summed E-state index contributed by atoms with van der Waals surface area (Å²) in [7, 11) is 0. The quantitative estimate of drug-likeness (QED) is 0.768. The average molecular weight is 339 g/mol. The highest BCUT2D eigenvalue weighted by molar-refractivity contribution is 9.10. The summed E-state index contributed by atoms with van der Waals surface area (Å²) in [4.78, 5) is 16.8. The van der Waals surface area contributed by atoms with E-state index in [0.29, 0.717) is 0 Å². The second-order valence-electron chi connectivity index (χ2n) is 5.35. The van der Waals surface area contributed by atoms with Crippen molar-refractivity contribution in [3.8, 4) is 0 Å². The molecule has 1 heterocycles. The van der Waals surface area contributed by atoms with Gasteiger partial charge in [0.1, 0.15) is 0 Å². The maximum Gasteiger partial charge on any atom is 0.253 e. The Kier molecular flexibility index (Phi) is 6.05. The molecule has 1 saturated heterocycles. The number of piperazine rings is 1. The third kappa shape index (κ3) is 4.32. The fraction of sp³-hybridized carbons (Fsp3) is 0.562. The molecular formula is C16H23BrN2O. The van der Waals surface area contributed by atoms with E-state index in [9.17, 15) is 4.79 Å². The largest absolute Gasteiger partial charge is 0.336 e. The lowest BCUT2D eigenvalue weighted by Crippen LogP contribution is -2.48. The molecule has 0 saturated carbocycles. The first-order valence-corrected chi connectivity index (χ1v) is 8.27. The average Bonchev–Trinajstić information content (AvgIpc) is 2.47. The fourth-order valence-electron chi connectivity index (χ4n) is 2.56. The molecule has 1 amide bonds. The van der Waals surface area contributed by atoms with Crippen LogP contribution in [0.1, 0.15) is 36.5 Å². The normalized spacial score (nSPS) is 16.4. The first kappa shape index (κ1) is 15.5. The van der Waals surface area contributed by atoms with Crippen LogP contribution >= 0.6 is 15.9 Å². The number of amides is 1. The van der Waals surface area contributed by atoms with Crippen molar-refractivity contribution in [1.82, 2.24) is 9.80 Å². The molecule has 0 atom stereocenters. The summed E-state index contributed by atoms with van der Waals surface area (Å²) in [6.07, 6.45) is 3.84. The van der Waals surface area contributed by atoms with E-state index in [1.54, 1.807) is 0 Å². The van der Waals surface area contributed by atoms with Crippen LogP contribution in [0, 0.1) is 0 Å². The Morgan fingerprint density at radius 2 is 1.95 bits per heavy atom. The first-order chi connectivity index (χ1) is 9.70. The van der Waals surface area contributed by atoms with Crippen LogP contribution in [0.25, 0.3) is 0 Å². The standard InChI is InChI=1S/C16H23BrN2O/c1-2-3-4-8-18-9-11-19(12-10-18)16(20)14-6-5-7-15(17)13-14/h5-7,13H,2-4,8-12H2,1H3. The van der Waals surface area contributed by atoms with Gasteiger partial charge in [0.15, 0.2) is 0 Å². The molecule has 4 heteroatoms. The van der Waals surface area contributed by atoms with Crippen LogP contribution in [-0.4, -0.2) is 48.4 Å². The first-order valence-electron chi connectivity index (χ1n) is 7.48. The van der Waals surface area contributed by atoms with Crippen molar-refractivity contribution in [2.45, 2.75) is 26.2 Å². The highest BCUT2D eigenvalue weighted by Gasteiger charge is 2.21. The van der Waals surface area contributed by atoms with Crippen LogP contribution in [0.4, 0.5) is 0 Å². The van der Waals surface area contributed by atoms with E-state index in [0.717, 1.165) is 36.2 Å². The molecule has 1 fully saturated rings. The van der Waals surface area contributed by atoms with E-state index >= 15 is 0 Å². The number of rotatable bonds is 5. The summed E-state index contributed by atoms with van der Waals surface area (Å²) in [6, 6.07) is 7.65. The summed E-state index contributed by atoms with van der Waals surface area (Å²) in [5.74, 6) is 0.152. The minimum atomic E-state index is 0.152. The van der Waals surface area contributed by atoms with Gasteiger partial charge < -0.3 is 4.90 Å². The third-order valence-electron chi connectivity index (χ3n) is 3.81. The Morgan fingerprint density at radius 1 is 1.20 bits per heavy atom. The molecule has 0 aliphatic carbocycles. The Hall–Kier alpha value is -0.870. The molecule has 3 nitrogen and oxygen atoms in total. The second kappa shape index (κ2) is 7.79. The minimum Gasteiger partial charge on any atom is -0.336 e. The molecule has 1 aliphatic heterocycles. The number of benzene rings is 1. The highest BCUT2D eigenvalue weighted by Crippen LogP contribution is 2.15. The summed E-state index contributed by atoms with van der Waals surface area (Å²) < 4.78 is 0.960.